The second-order valence-corrected chi connectivity index (χ2v) is 7.32. The molecule has 2 aliphatic rings. The SMILES string of the molecule is Cc1nn(C)c(C)c1CC(=O)N1CC[C@H](C)[C@H]2CCCC[C@H]21. The zero-order valence-electron chi connectivity index (χ0n) is 14.4. The molecule has 0 bridgehead atoms. The van der Waals surface area contributed by atoms with Gasteiger partial charge < -0.3 is 4.90 Å². The Balaban J connectivity index is 1.76. The monoisotopic (exact) mass is 303 g/mol. The molecule has 122 valence electrons. The van der Waals surface area contributed by atoms with Gasteiger partial charge in [0.15, 0.2) is 0 Å². The predicted molar refractivity (Wildman–Crippen MR) is 87.6 cm³/mol. The second kappa shape index (κ2) is 6.05. The molecule has 1 aromatic heterocycles. The maximum atomic E-state index is 12.9. The Morgan fingerprint density at radius 2 is 1.95 bits per heavy atom. The fraction of sp³-hybridized carbons (Fsp3) is 0.778. The first kappa shape index (κ1) is 15.6. The standard InChI is InChI=1S/C18H29N3O/c1-12-9-10-21(17-8-6-5-7-15(12)17)18(22)11-16-13(2)19-20(4)14(16)3/h12,15,17H,5-11H2,1-4H3/t12-,15+,17+/m0/s1. The molecule has 1 aliphatic carbocycles. The van der Waals surface area contributed by atoms with Gasteiger partial charge in [-0.05, 0) is 44.9 Å². The molecule has 0 radical (unpaired) electrons. The highest BCUT2D eigenvalue weighted by atomic mass is 16.2. The number of hydrogen-bond acceptors (Lipinski definition) is 2. The van der Waals surface area contributed by atoms with Crippen LogP contribution in [0.2, 0.25) is 0 Å². The Kier molecular flexibility index (Phi) is 4.28. The normalized spacial score (nSPS) is 28.5. The Morgan fingerprint density at radius 3 is 2.64 bits per heavy atom. The van der Waals surface area contributed by atoms with Crippen molar-refractivity contribution in [3.63, 3.8) is 0 Å². The highest BCUT2D eigenvalue weighted by molar-refractivity contribution is 5.79. The summed E-state index contributed by atoms with van der Waals surface area (Å²) in [7, 11) is 1.95. The number of fused-ring (bicyclic) bond motifs is 1. The van der Waals surface area contributed by atoms with Gasteiger partial charge in [-0.15, -0.1) is 0 Å². The van der Waals surface area contributed by atoms with Crippen molar-refractivity contribution in [1.29, 1.82) is 0 Å². The molecule has 1 aromatic rings. The Bertz CT molecular complexity index is 563. The number of aryl methyl sites for hydroxylation is 2. The van der Waals surface area contributed by atoms with Gasteiger partial charge in [-0.1, -0.05) is 19.8 Å². The summed E-state index contributed by atoms with van der Waals surface area (Å²) in [6.07, 6.45) is 6.81. The van der Waals surface area contributed by atoms with E-state index in [9.17, 15) is 4.79 Å². The number of nitrogens with zero attached hydrogens (tertiary/aromatic N) is 3. The minimum absolute atomic E-state index is 0.308. The smallest absolute Gasteiger partial charge is 0.227 e. The van der Waals surface area contributed by atoms with Gasteiger partial charge in [-0.3, -0.25) is 9.48 Å². The molecular weight excluding hydrogens is 274 g/mol. The summed E-state index contributed by atoms with van der Waals surface area (Å²) >= 11 is 0. The van der Waals surface area contributed by atoms with E-state index in [0.29, 0.717) is 18.4 Å². The summed E-state index contributed by atoms with van der Waals surface area (Å²) in [4.78, 5) is 15.1. The van der Waals surface area contributed by atoms with E-state index in [-0.39, 0.29) is 0 Å². The lowest BCUT2D eigenvalue weighted by molar-refractivity contribution is -0.138. The average molecular weight is 303 g/mol. The third kappa shape index (κ3) is 2.68. The van der Waals surface area contributed by atoms with Crippen LogP contribution in [0.4, 0.5) is 0 Å². The minimum Gasteiger partial charge on any atom is -0.339 e. The average Bonchev–Trinajstić information content (AvgIpc) is 2.74. The molecule has 4 heteroatoms. The first-order chi connectivity index (χ1) is 10.5. The molecule has 1 amide bonds. The highest BCUT2D eigenvalue weighted by Gasteiger charge is 2.39. The summed E-state index contributed by atoms with van der Waals surface area (Å²) in [6.45, 7) is 7.39. The molecule has 2 heterocycles. The molecule has 1 saturated heterocycles. The van der Waals surface area contributed by atoms with Crippen LogP contribution < -0.4 is 0 Å². The van der Waals surface area contributed by atoms with E-state index < -0.39 is 0 Å². The van der Waals surface area contributed by atoms with Gasteiger partial charge >= 0.3 is 0 Å². The zero-order valence-corrected chi connectivity index (χ0v) is 14.4. The molecule has 4 nitrogen and oxygen atoms in total. The number of piperidine rings is 1. The summed E-state index contributed by atoms with van der Waals surface area (Å²) in [5, 5.41) is 4.45. The van der Waals surface area contributed by atoms with Gasteiger partial charge in [-0.25, -0.2) is 0 Å². The number of rotatable bonds is 2. The van der Waals surface area contributed by atoms with Crippen molar-refractivity contribution in [1.82, 2.24) is 14.7 Å². The van der Waals surface area contributed by atoms with Crippen molar-refractivity contribution in [3.8, 4) is 0 Å². The first-order valence-corrected chi connectivity index (χ1v) is 8.77. The molecule has 0 spiro atoms. The fourth-order valence-electron chi connectivity index (χ4n) is 4.55. The Labute approximate surface area is 133 Å². The summed E-state index contributed by atoms with van der Waals surface area (Å²) in [6, 6.07) is 0.488. The zero-order chi connectivity index (χ0) is 15.9. The van der Waals surface area contributed by atoms with Crippen molar-refractivity contribution in [2.24, 2.45) is 18.9 Å². The van der Waals surface area contributed by atoms with Gasteiger partial charge in [0.05, 0.1) is 12.1 Å². The molecule has 1 aliphatic heterocycles. The largest absolute Gasteiger partial charge is 0.339 e. The van der Waals surface area contributed by atoms with E-state index in [0.717, 1.165) is 41.8 Å². The summed E-state index contributed by atoms with van der Waals surface area (Å²) < 4.78 is 1.89. The van der Waals surface area contributed by atoms with Crippen LogP contribution in [0.5, 0.6) is 0 Å². The lowest BCUT2D eigenvalue weighted by Gasteiger charge is -2.47. The molecule has 0 unspecified atom stereocenters. The van der Waals surface area contributed by atoms with E-state index in [1.54, 1.807) is 0 Å². The Morgan fingerprint density at radius 1 is 1.23 bits per heavy atom. The molecule has 0 aromatic carbocycles. The van der Waals surface area contributed by atoms with Crippen molar-refractivity contribution in [2.75, 3.05) is 6.54 Å². The lowest BCUT2D eigenvalue weighted by Crippen LogP contribution is -2.52. The van der Waals surface area contributed by atoms with E-state index in [1.165, 1.54) is 25.7 Å². The maximum absolute atomic E-state index is 12.9. The van der Waals surface area contributed by atoms with Crippen LogP contribution in [0, 0.1) is 25.7 Å². The van der Waals surface area contributed by atoms with Crippen LogP contribution in [0.3, 0.4) is 0 Å². The number of likely N-dealkylation sites (tertiary alicyclic amines) is 1. The molecule has 3 atom stereocenters. The van der Waals surface area contributed by atoms with Gasteiger partial charge in [0, 0.05) is 30.9 Å². The topological polar surface area (TPSA) is 38.1 Å². The molecule has 0 N–H and O–H groups in total. The van der Waals surface area contributed by atoms with E-state index >= 15 is 0 Å². The molecule has 22 heavy (non-hydrogen) atoms. The fourth-order valence-corrected chi connectivity index (χ4v) is 4.55. The first-order valence-electron chi connectivity index (χ1n) is 8.77. The van der Waals surface area contributed by atoms with Gasteiger partial charge in [0.1, 0.15) is 0 Å². The third-order valence-electron chi connectivity index (χ3n) is 6.05. The second-order valence-electron chi connectivity index (χ2n) is 7.32. The number of hydrogen-bond donors (Lipinski definition) is 0. The van der Waals surface area contributed by atoms with E-state index in [1.807, 2.05) is 18.7 Å². The van der Waals surface area contributed by atoms with Crippen LogP contribution in [-0.2, 0) is 18.3 Å². The maximum Gasteiger partial charge on any atom is 0.227 e. The Hall–Kier alpha value is -1.32. The highest BCUT2D eigenvalue weighted by Crippen LogP contribution is 2.39. The molecule has 3 rings (SSSR count). The van der Waals surface area contributed by atoms with Crippen LogP contribution in [0.15, 0.2) is 0 Å². The number of carbonyl (C=O) groups excluding carboxylic acids is 1. The third-order valence-corrected chi connectivity index (χ3v) is 6.05. The van der Waals surface area contributed by atoms with Crippen molar-refractivity contribution >= 4 is 5.91 Å². The van der Waals surface area contributed by atoms with E-state index in [2.05, 4.69) is 23.8 Å². The van der Waals surface area contributed by atoms with Gasteiger partial charge in [-0.2, -0.15) is 5.10 Å². The summed E-state index contributed by atoms with van der Waals surface area (Å²) in [5.74, 6) is 1.81. The van der Waals surface area contributed by atoms with Crippen molar-refractivity contribution in [2.45, 2.75) is 65.3 Å². The van der Waals surface area contributed by atoms with Crippen LogP contribution >= 0.6 is 0 Å². The van der Waals surface area contributed by atoms with E-state index in [4.69, 9.17) is 0 Å². The minimum atomic E-state index is 0.308. The molecule has 2 fully saturated rings. The number of carbonyl (C=O) groups is 1. The quantitative estimate of drug-likeness (QED) is 0.842. The van der Waals surface area contributed by atoms with Crippen LogP contribution in [0.25, 0.3) is 0 Å². The molecule has 1 saturated carbocycles. The predicted octanol–water partition coefficient (Wildman–Crippen LogP) is 3.01. The van der Waals surface area contributed by atoms with Gasteiger partial charge in [0.2, 0.25) is 5.91 Å². The molecular formula is C18H29N3O. The van der Waals surface area contributed by atoms with Crippen LogP contribution in [-0.4, -0.2) is 33.2 Å². The number of amides is 1. The lowest BCUT2D eigenvalue weighted by atomic mass is 9.72. The summed E-state index contributed by atoms with van der Waals surface area (Å²) in [5.41, 5.74) is 3.24. The van der Waals surface area contributed by atoms with Crippen LogP contribution in [0.1, 0.15) is 56.0 Å². The number of aromatic nitrogens is 2. The van der Waals surface area contributed by atoms with Crippen molar-refractivity contribution < 1.29 is 4.79 Å². The van der Waals surface area contributed by atoms with Crippen molar-refractivity contribution in [3.05, 3.63) is 17.0 Å². The van der Waals surface area contributed by atoms with Gasteiger partial charge in [0.25, 0.3) is 0 Å².